The number of ether oxygens (including phenoxy) is 1. The smallest absolute Gasteiger partial charge is 0.322 e. The molecule has 0 aromatic heterocycles. The van der Waals surface area contributed by atoms with Gasteiger partial charge >= 0.3 is 12.1 Å². The number of rotatable bonds is 1. The van der Waals surface area contributed by atoms with E-state index in [-0.39, 0.29) is 17.7 Å². The molecule has 1 aromatic carbocycles. The summed E-state index contributed by atoms with van der Waals surface area (Å²) in [5.41, 5.74) is 0.161. The number of para-hydroxylation sites is 1. The Morgan fingerprint density at radius 3 is 2.17 bits per heavy atom. The molecule has 24 heavy (non-hydrogen) atoms. The predicted octanol–water partition coefficient (Wildman–Crippen LogP) is 1.43. The highest BCUT2D eigenvalue weighted by molar-refractivity contribution is 5.89. The van der Waals surface area contributed by atoms with Crippen molar-refractivity contribution in [2.75, 3.05) is 57.8 Å². The van der Waals surface area contributed by atoms with Crippen LogP contribution in [0.1, 0.15) is 0 Å². The zero-order chi connectivity index (χ0) is 16.9. The third-order valence-corrected chi connectivity index (χ3v) is 4.23. The Labute approximate surface area is 140 Å². The first kappa shape index (κ1) is 16.5. The molecule has 2 aliphatic rings. The van der Waals surface area contributed by atoms with E-state index in [1.807, 2.05) is 0 Å². The highest BCUT2D eigenvalue weighted by Crippen LogP contribution is 2.14. The Morgan fingerprint density at radius 1 is 0.917 bits per heavy atom. The number of benzene rings is 1. The van der Waals surface area contributed by atoms with Gasteiger partial charge in [-0.05, 0) is 12.1 Å². The highest BCUT2D eigenvalue weighted by atomic mass is 19.1. The van der Waals surface area contributed by atoms with E-state index >= 15 is 0 Å². The number of amides is 4. The van der Waals surface area contributed by atoms with Gasteiger partial charge in [0.05, 0.1) is 18.9 Å². The van der Waals surface area contributed by atoms with Gasteiger partial charge in [0.1, 0.15) is 5.82 Å². The van der Waals surface area contributed by atoms with Crippen LogP contribution in [0.3, 0.4) is 0 Å². The normalized spacial score (nSPS) is 18.5. The summed E-state index contributed by atoms with van der Waals surface area (Å²) in [6.07, 6.45) is 0. The van der Waals surface area contributed by atoms with Crippen LogP contribution in [0.2, 0.25) is 0 Å². The van der Waals surface area contributed by atoms with Crippen LogP contribution in [0.5, 0.6) is 0 Å². The van der Waals surface area contributed by atoms with Gasteiger partial charge in [-0.1, -0.05) is 12.1 Å². The fourth-order valence-electron chi connectivity index (χ4n) is 2.81. The lowest BCUT2D eigenvalue weighted by Gasteiger charge is -2.38. The molecule has 2 aliphatic heterocycles. The maximum absolute atomic E-state index is 13.6. The first-order valence-corrected chi connectivity index (χ1v) is 8.07. The number of hydrogen-bond donors (Lipinski definition) is 1. The molecule has 4 amide bonds. The van der Waals surface area contributed by atoms with Crippen LogP contribution < -0.4 is 5.32 Å². The van der Waals surface area contributed by atoms with Gasteiger partial charge in [-0.25, -0.2) is 14.0 Å². The minimum atomic E-state index is -0.466. The van der Waals surface area contributed by atoms with Crippen molar-refractivity contribution in [3.63, 3.8) is 0 Å². The van der Waals surface area contributed by atoms with Crippen LogP contribution in [0.25, 0.3) is 0 Å². The largest absolute Gasteiger partial charge is 0.378 e. The molecule has 0 aliphatic carbocycles. The maximum Gasteiger partial charge on any atom is 0.322 e. The summed E-state index contributed by atoms with van der Waals surface area (Å²) < 4.78 is 18.8. The van der Waals surface area contributed by atoms with Gasteiger partial charge in [-0.2, -0.15) is 0 Å². The molecule has 0 radical (unpaired) electrons. The van der Waals surface area contributed by atoms with E-state index in [4.69, 9.17) is 4.74 Å². The first-order valence-electron chi connectivity index (χ1n) is 8.07. The number of anilines is 1. The Bertz CT molecular complexity index is 599. The summed E-state index contributed by atoms with van der Waals surface area (Å²) in [7, 11) is 0. The number of urea groups is 2. The Balaban J connectivity index is 1.50. The molecular formula is C16H21FN4O3. The van der Waals surface area contributed by atoms with Crippen LogP contribution >= 0.6 is 0 Å². The molecule has 2 saturated heterocycles. The monoisotopic (exact) mass is 336 g/mol. The minimum absolute atomic E-state index is 0.00698. The minimum Gasteiger partial charge on any atom is -0.378 e. The zero-order valence-corrected chi connectivity index (χ0v) is 13.4. The summed E-state index contributed by atoms with van der Waals surface area (Å²) in [5.74, 6) is -0.466. The number of piperazine rings is 1. The van der Waals surface area contributed by atoms with Gasteiger partial charge in [0, 0.05) is 39.3 Å². The average Bonchev–Trinajstić information content (AvgIpc) is 2.64. The molecule has 1 N–H and O–H groups in total. The van der Waals surface area contributed by atoms with Crippen molar-refractivity contribution < 1.29 is 18.7 Å². The van der Waals surface area contributed by atoms with Crippen molar-refractivity contribution in [3.8, 4) is 0 Å². The lowest BCUT2D eigenvalue weighted by Crippen LogP contribution is -2.56. The Kier molecular flexibility index (Phi) is 5.14. The SMILES string of the molecule is O=C(Nc1ccccc1F)N1CCN(C(=O)N2CCOCC2)CC1. The topological polar surface area (TPSA) is 65.1 Å². The standard InChI is InChI=1S/C16H21FN4O3/c17-13-3-1-2-4-14(13)18-15(22)19-5-7-20(8-6-19)16(23)21-9-11-24-12-10-21/h1-4H,5-12H2,(H,18,22). The van der Waals surface area contributed by atoms with Crippen LogP contribution in [-0.4, -0.2) is 79.2 Å². The van der Waals surface area contributed by atoms with E-state index in [1.54, 1.807) is 26.8 Å². The van der Waals surface area contributed by atoms with E-state index in [2.05, 4.69) is 5.32 Å². The maximum atomic E-state index is 13.6. The Morgan fingerprint density at radius 2 is 1.50 bits per heavy atom. The predicted molar refractivity (Wildman–Crippen MR) is 86.4 cm³/mol. The van der Waals surface area contributed by atoms with Crippen molar-refractivity contribution in [2.24, 2.45) is 0 Å². The number of carbonyl (C=O) groups excluding carboxylic acids is 2. The molecule has 7 nitrogen and oxygen atoms in total. The summed E-state index contributed by atoms with van der Waals surface area (Å²) in [4.78, 5) is 29.7. The molecule has 2 heterocycles. The van der Waals surface area contributed by atoms with Crippen LogP contribution in [0, 0.1) is 5.82 Å². The molecule has 8 heteroatoms. The summed E-state index contributed by atoms with van der Waals surface area (Å²) >= 11 is 0. The molecule has 1 aromatic rings. The number of carbonyl (C=O) groups is 2. The lowest BCUT2D eigenvalue weighted by atomic mass is 10.3. The van der Waals surface area contributed by atoms with Crippen LogP contribution in [0.15, 0.2) is 24.3 Å². The molecule has 3 rings (SSSR count). The van der Waals surface area contributed by atoms with Gasteiger partial charge in [-0.15, -0.1) is 0 Å². The molecule has 2 fully saturated rings. The molecular weight excluding hydrogens is 315 g/mol. The molecule has 0 spiro atoms. The number of hydrogen-bond acceptors (Lipinski definition) is 3. The van der Waals surface area contributed by atoms with E-state index in [1.165, 1.54) is 12.1 Å². The van der Waals surface area contributed by atoms with Gasteiger partial charge in [0.25, 0.3) is 0 Å². The molecule has 0 atom stereocenters. The van der Waals surface area contributed by atoms with E-state index in [0.717, 1.165) is 0 Å². The molecule has 0 bridgehead atoms. The summed E-state index contributed by atoms with van der Waals surface area (Å²) in [6, 6.07) is 5.70. The van der Waals surface area contributed by atoms with Gasteiger partial charge < -0.3 is 24.8 Å². The third kappa shape index (κ3) is 3.76. The quantitative estimate of drug-likeness (QED) is 0.844. The molecule has 130 valence electrons. The van der Waals surface area contributed by atoms with Crippen molar-refractivity contribution in [1.29, 1.82) is 0 Å². The van der Waals surface area contributed by atoms with Crippen molar-refractivity contribution in [1.82, 2.24) is 14.7 Å². The number of morpholine rings is 1. The fourth-order valence-corrected chi connectivity index (χ4v) is 2.81. The van der Waals surface area contributed by atoms with E-state index in [9.17, 15) is 14.0 Å². The summed E-state index contributed by atoms with van der Waals surface area (Å²) in [5, 5.41) is 2.57. The van der Waals surface area contributed by atoms with Crippen molar-refractivity contribution >= 4 is 17.7 Å². The van der Waals surface area contributed by atoms with Gasteiger partial charge in [0.2, 0.25) is 0 Å². The average molecular weight is 336 g/mol. The third-order valence-electron chi connectivity index (χ3n) is 4.23. The van der Waals surface area contributed by atoms with Gasteiger partial charge in [0.15, 0.2) is 0 Å². The number of nitrogens with zero attached hydrogens (tertiary/aromatic N) is 3. The Hall–Kier alpha value is -2.35. The fraction of sp³-hybridized carbons (Fsp3) is 0.500. The second kappa shape index (κ2) is 7.48. The van der Waals surface area contributed by atoms with Gasteiger partial charge in [-0.3, -0.25) is 0 Å². The zero-order valence-electron chi connectivity index (χ0n) is 13.4. The lowest BCUT2D eigenvalue weighted by molar-refractivity contribution is 0.0394. The summed E-state index contributed by atoms with van der Waals surface area (Å²) in [6.45, 7) is 4.14. The van der Waals surface area contributed by atoms with E-state index < -0.39 is 5.82 Å². The number of nitrogens with one attached hydrogen (secondary N) is 1. The second-order valence-corrected chi connectivity index (χ2v) is 5.77. The van der Waals surface area contributed by atoms with Crippen molar-refractivity contribution in [2.45, 2.75) is 0 Å². The second-order valence-electron chi connectivity index (χ2n) is 5.77. The van der Waals surface area contributed by atoms with Crippen molar-refractivity contribution in [3.05, 3.63) is 30.1 Å². The van der Waals surface area contributed by atoms with Crippen LogP contribution in [0.4, 0.5) is 19.7 Å². The number of halogens is 1. The molecule has 0 unspecified atom stereocenters. The molecule has 0 saturated carbocycles. The first-order chi connectivity index (χ1) is 11.6. The highest BCUT2D eigenvalue weighted by Gasteiger charge is 2.28. The van der Waals surface area contributed by atoms with E-state index in [0.29, 0.717) is 52.5 Å². The van der Waals surface area contributed by atoms with Crippen LogP contribution in [-0.2, 0) is 4.74 Å².